The lowest BCUT2D eigenvalue weighted by molar-refractivity contribution is -0.161. The predicted molar refractivity (Wildman–Crippen MR) is 408 cm³/mol. The summed E-state index contributed by atoms with van der Waals surface area (Å²) in [6.45, 7) is 2.46. The first-order valence-electron chi connectivity index (χ1n) is 38.1. The van der Waals surface area contributed by atoms with E-state index in [9.17, 15) is 43.5 Å². The average molecular weight is 1430 g/mol. The Morgan fingerprint density at radius 3 is 0.848 bits per heavy atom. The van der Waals surface area contributed by atoms with Gasteiger partial charge < -0.3 is 34.2 Å². The Morgan fingerprint density at radius 1 is 0.293 bits per heavy atom. The van der Waals surface area contributed by atoms with Gasteiger partial charge in [0.1, 0.15) is 25.4 Å². The van der Waals surface area contributed by atoms with Crippen LogP contribution >= 0.6 is 15.6 Å². The molecule has 0 aromatic carbocycles. The number of hydrogen-bond donors (Lipinski definition) is 4. The Labute approximate surface area is 600 Å². The third-order valence-corrected chi connectivity index (χ3v) is 17.4. The lowest BCUT2D eigenvalue weighted by atomic mass is 10.1. The largest absolute Gasteiger partial charge is 0.472 e. The van der Waals surface area contributed by atoms with Gasteiger partial charge in [-0.05, 0) is 148 Å². The van der Waals surface area contributed by atoms with Crippen molar-refractivity contribution in [1.82, 2.24) is 0 Å². The zero-order valence-corrected chi connectivity index (χ0v) is 63.4. The van der Waals surface area contributed by atoms with Crippen LogP contribution in [-0.2, 0) is 55.8 Å². The summed E-state index contributed by atoms with van der Waals surface area (Å²) in [7, 11) is -9.81. The van der Waals surface area contributed by atoms with Crippen LogP contribution < -0.4 is 0 Å². The van der Waals surface area contributed by atoms with Gasteiger partial charge in [-0.25, -0.2) is 9.13 Å². The van der Waals surface area contributed by atoms with E-state index in [1.807, 2.05) is 0 Å². The maximum atomic E-state index is 13.0. The zero-order valence-electron chi connectivity index (χ0n) is 61.6. The molecule has 0 heterocycles. The fourth-order valence-corrected chi connectivity index (χ4v) is 11.3. The number of hydrogen-bond acceptors (Lipinski definition) is 14. The topological polar surface area (TPSA) is 231 Å². The van der Waals surface area contributed by atoms with Gasteiger partial charge in [-0.2, -0.15) is 0 Å². The van der Waals surface area contributed by atoms with Gasteiger partial charge in [0.05, 0.1) is 26.4 Å². The van der Waals surface area contributed by atoms with E-state index in [0.29, 0.717) is 19.3 Å². The van der Waals surface area contributed by atoms with Gasteiger partial charge in [-0.1, -0.05) is 269 Å². The molecule has 0 aromatic heterocycles. The van der Waals surface area contributed by atoms with Crippen molar-refractivity contribution < 1.29 is 75.8 Å². The number of carbonyl (C=O) groups excluding carboxylic acids is 3. The normalized spacial score (nSPS) is 14.9. The Bertz CT molecular complexity index is 2380. The van der Waals surface area contributed by atoms with Crippen molar-refractivity contribution in [2.45, 2.75) is 309 Å². The summed E-state index contributed by atoms with van der Waals surface area (Å²) in [4.78, 5) is 58.6. The summed E-state index contributed by atoms with van der Waals surface area (Å²) in [5.41, 5.74) is 0. The van der Waals surface area contributed by atoms with Crippen LogP contribution in [0, 0.1) is 0 Å². The summed E-state index contributed by atoms with van der Waals surface area (Å²) in [5, 5.41) is 20.6. The van der Waals surface area contributed by atoms with E-state index in [4.69, 9.17) is 32.3 Å². The SMILES string of the molecule is CC/C=C\C/C=C\C/C=C\C/C=C\C/C=C\CCCCCCCCCC(=O)OCC(O)COP(=O)(O)OCC(O)COP(=O)(O)OCC(COC(=O)CCCCCCC/C=C\C/C=C\C/C=C\C/C=C\CCCCC)OC(=O)CCCCCCCC/C=C\C/C=C\C/C=C\CCCCC. The molecule has 5 atom stereocenters. The molecule has 0 saturated carbocycles. The minimum atomic E-state index is -4.95. The molecular weight excluding hydrogens is 1290 g/mol. The molecule has 18 heteroatoms. The van der Waals surface area contributed by atoms with Crippen LogP contribution in [0.15, 0.2) is 146 Å². The highest BCUT2D eigenvalue weighted by atomic mass is 31.2. The Hall–Kier alpha value is -4.57. The first-order valence-corrected chi connectivity index (χ1v) is 41.1. The highest BCUT2D eigenvalue weighted by molar-refractivity contribution is 7.47. The fourth-order valence-electron chi connectivity index (χ4n) is 9.70. The van der Waals surface area contributed by atoms with Crippen LogP contribution in [-0.4, -0.2) is 95.9 Å². The molecule has 0 aliphatic heterocycles. The van der Waals surface area contributed by atoms with Crippen molar-refractivity contribution in [3.05, 3.63) is 146 Å². The highest BCUT2D eigenvalue weighted by Crippen LogP contribution is 2.45. The van der Waals surface area contributed by atoms with Crippen LogP contribution in [0.1, 0.15) is 290 Å². The highest BCUT2D eigenvalue weighted by Gasteiger charge is 2.29. The molecule has 0 aliphatic rings. The zero-order chi connectivity index (χ0) is 72.3. The monoisotopic (exact) mass is 1430 g/mol. The molecule has 0 bridgehead atoms. The van der Waals surface area contributed by atoms with E-state index in [0.717, 1.165) is 186 Å². The van der Waals surface area contributed by atoms with Crippen molar-refractivity contribution in [3.8, 4) is 0 Å². The Balaban J connectivity index is 4.73. The summed E-state index contributed by atoms with van der Waals surface area (Å²) in [6.07, 6.45) is 88.7. The number of esters is 3. The first-order chi connectivity index (χ1) is 48.2. The Kier molecular flexibility index (Phi) is 69.8. The van der Waals surface area contributed by atoms with Crippen LogP contribution in [0.3, 0.4) is 0 Å². The van der Waals surface area contributed by atoms with Gasteiger partial charge in [0, 0.05) is 19.3 Å². The van der Waals surface area contributed by atoms with Crippen molar-refractivity contribution in [1.29, 1.82) is 0 Å². The molecule has 16 nitrogen and oxygen atoms in total. The number of allylic oxidation sites excluding steroid dienone is 24. The smallest absolute Gasteiger partial charge is 0.463 e. The quantitative estimate of drug-likeness (QED) is 0.0146. The number of phosphoric ester groups is 2. The van der Waals surface area contributed by atoms with Crippen molar-refractivity contribution in [2.75, 3.05) is 39.6 Å². The number of unbranched alkanes of at least 4 members (excludes halogenated alkanes) is 24. The molecule has 0 rings (SSSR count). The summed E-state index contributed by atoms with van der Waals surface area (Å²) >= 11 is 0. The number of phosphoric acid groups is 2. The molecule has 4 N–H and O–H groups in total. The molecule has 566 valence electrons. The van der Waals surface area contributed by atoms with E-state index >= 15 is 0 Å². The predicted octanol–water partition coefficient (Wildman–Crippen LogP) is 22.1. The molecule has 0 amide bonds. The van der Waals surface area contributed by atoms with Gasteiger partial charge in [0.15, 0.2) is 6.10 Å². The van der Waals surface area contributed by atoms with Crippen LogP contribution in [0.2, 0.25) is 0 Å². The maximum Gasteiger partial charge on any atom is 0.472 e. The molecule has 0 fully saturated rings. The van der Waals surface area contributed by atoms with Gasteiger partial charge in [0.2, 0.25) is 0 Å². The van der Waals surface area contributed by atoms with Crippen molar-refractivity contribution in [3.63, 3.8) is 0 Å². The Morgan fingerprint density at radius 2 is 0.535 bits per heavy atom. The molecule has 5 unspecified atom stereocenters. The third kappa shape index (κ3) is 74.4. The molecule has 0 aromatic rings. The van der Waals surface area contributed by atoms with Crippen LogP contribution in [0.5, 0.6) is 0 Å². The number of aliphatic hydroxyl groups is 2. The minimum absolute atomic E-state index is 0.0810. The van der Waals surface area contributed by atoms with E-state index in [2.05, 4.69) is 167 Å². The van der Waals surface area contributed by atoms with E-state index in [1.165, 1.54) is 44.9 Å². The standard InChI is InChI=1S/C81H136O16P2/c1-4-7-10-13-16-19-22-25-28-31-34-36-37-39-42-43-46-49-52-55-58-61-64-67-79(84)91-70-76(82)71-93-98(87,88)94-72-77(83)73-95-99(89,90)96-75-78(97-81(86)69-66-63-60-57-54-51-48-45-40-33-30-27-24-21-18-15-12-9-6-3)74-92-80(85)68-65-62-59-56-53-50-47-44-41-38-35-32-29-26-23-20-17-14-11-8-5-2/h7,10,16-21,25-30,34-36,38-40,42,44-45,47,76-78,82-83H,4-6,8-9,11-15,22-24,31-33,37,41,43,46,48-75H2,1-3H3,(H,87,88)(H,89,90)/b10-7-,19-16-,20-17-,21-18-,28-25-,29-26-,30-27-,36-34-,38-35-,42-39-,45-40-,47-44-. The summed E-state index contributed by atoms with van der Waals surface area (Å²) < 4.78 is 61.1. The molecular formula is C81H136O16P2. The number of ether oxygens (including phenoxy) is 3. The van der Waals surface area contributed by atoms with Gasteiger partial charge in [0.25, 0.3) is 0 Å². The number of aliphatic hydroxyl groups excluding tert-OH is 2. The van der Waals surface area contributed by atoms with Gasteiger partial charge in [-0.15, -0.1) is 0 Å². The fraction of sp³-hybridized carbons (Fsp3) is 0.667. The van der Waals surface area contributed by atoms with E-state index in [1.54, 1.807) is 0 Å². The second-order valence-corrected chi connectivity index (χ2v) is 28.0. The van der Waals surface area contributed by atoms with E-state index < -0.39 is 91.5 Å². The number of rotatable bonds is 71. The van der Waals surface area contributed by atoms with Crippen LogP contribution in [0.4, 0.5) is 0 Å². The summed E-state index contributed by atoms with van der Waals surface area (Å²) in [5.74, 6) is -1.62. The van der Waals surface area contributed by atoms with Crippen LogP contribution in [0.25, 0.3) is 0 Å². The molecule has 0 aliphatic carbocycles. The third-order valence-electron chi connectivity index (χ3n) is 15.5. The molecule has 0 saturated heterocycles. The van der Waals surface area contributed by atoms with Crippen molar-refractivity contribution >= 4 is 33.6 Å². The summed E-state index contributed by atoms with van der Waals surface area (Å²) in [6, 6.07) is 0. The molecule has 99 heavy (non-hydrogen) atoms. The van der Waals surface area contributed by atoms with Crippen molar-refractivity contribution in [2.24, 2.45) is 0 Å². The maximum absolute atomic E-state index is 13.0. The number of carbonyl (C=O) groups is 3. The lowest BCUT2D eigenvalue weighted by Crippen LogP contribution is -2.30. The second-order valence-electron chi connectivity index (χ2n) is 25.1. The lowest BCUT2D eigenvalue weighted by Gasteiger charge is -2.21. The second kappa shape index (κ2) is 73.2. The minimum Gasteiger partial charge on any atom is -0.463 e. The first kappa shape index (κ1) is 94.4. The van der Waals surface area contributed by atoms with Gasteiger partial charge >= 0.3 is 33.6 Å². The molecule has 0 spiro atoms. The average Bonchev–Trinajstić information content (AvgIpc) is 2.30. The molecule has 0 radical (unpaired) electrons. The van der Waals surface area contributed by atoms with E-state index in [-0.39, 0.29) is 19.3 Å². The van der Waals surface area contributed by atoms with Gasteiger partial charge in [-0.3, -0.25) is 32.5 Å².